The molecule has 0 aromatic heterocycles. The van der Waals surface area contributed by atoms with Crippen LogP contribution in [0.15, 0.2) is 267 Å². The first-order valence-electron chi connectivity index (χ1n) is 24.7. The molecule has 0 saturated heterocycles. The topological polar surface area (TPSA) is 0 Å². The molecular weight excluding hydrogens is 1150 g/mol. The van der Waals surface area contributed by atoms with Crippen LogP contribution in [0.1, 0.15) is 52.7 Å². The second kappa shape index (κ2) is 27.8. The van der Waals surface area contributed by atoms with E-state index in [2.05, 4.69) is 308 Å². The van der Waals surface area contributed by atoms with Crippen LogP contribution in [-0.2, 0) is 43.8 Å². The van der Waals surface area contributed by atoms with Crippen molar-refractivity contribution in [2.45, 2.75) is 52.4 Å². The van der Waals surface area contributed by atoms with Crippen LogP contribution in [0.4, 0.5) is 0 Å². The standard InChI is InChI=1S/C33H32P2.C33H31P2.2ClH.Fe.Pd/c2*1-33(2,3)26-24-31(34(27-16-8-4-9-17-27)28-18-10-5-11-19-28)32(25-26)35(29-20-12-6-13-21-29)30-22-14-7-15-23-30;;;;/h4-25,34H,1-3H3;4-25H,1-3H3;2*1H;;/q;-5;;;;+2/p-1. The van der Waals surface area contributed by atoms with E-state index in [-0.39, 0.29) is 43.8 Å². The number of benzene rings is 8. The van der Waals surface area contributed by atoms with Crippen molar-refractivity contribution in [1.29, 1.82) is 0 Å². The molecule has 0 atom stereocenters. The van der Waals surface area contributed by atoms with E-state index in [1.165, 1.54) is 64.2 Å². The smallest absolute Gasteiger partial charge is 0 e. The molecule has 0 aliphatic heterocycles. The van der Waals surface area contributed by atoms with Gasteiger partial charge in [-0.1, -0.05) is 262 Å². The Hall–Kier alpha value is -4.06. The van der Waals surface area contributed by atoms with E-state index < -0.39 is 31.7 Å². The Labute approximate surface area is 473 Å². The molecule has 8 heteroatoms. The van der Waals surface area contributed by atoms with Crippen molar-refractivity contribution < 1.29 is 33.0 Å². The molecular formula is C66H64Cl2FeP4Pd-4. The average molecular weight is 1210 g/mol. The Kier molecular flexibility index (Phi) is 21.7. The molecule has 0 amide bonds. The molecule has 10 aromatic rings. The Morgan fingerprint density at radius 3 is 0.959 bits per heavy atom. The maximum Gasteiger partial charge on any atom is 0 e. The second-order valence-electron chi connectivity index (χ2n) is 19.9. The van der Waals surface area contributed by atoms with Gasteiger partial charge in [0.1, 0.15) is 0 Å². The SMILES string of the molecule is CC(C)(C)[c-]1[cH-][c-](P(c2ccccc2)c2ccccc2)[c-](P(c2ccccc2)c2ccccc2)[cH-]1.CC(C)(C)c1cc([PH+](c2ccccc2)c2ccccc2)[c-]([PH+](c2ccccc2)c2ccccc2)c1.[Cl][Pd][Cl].[Fe]. The average Bonchev–Trinajstić information content (AvgIpc) is 4.06. The van der Waals surface area contributed by atoms with Gasteiger partial charge in [0, 0.05) is 27.7 Å². The molecule has 0 heterocycles. The van der Waals surface area contributed by atoms with E-state index >= 15 is 0 Å². The van der Waals surface area contributed by atoms with Crippen LogP contribution in [0.2, 0.25) is 0 Å². The summed E-state index contributed by atoms with van der Waals surface area (Å²) in [5.74, 6) is 0. The first kappa shape index (κ1) is 57.6. The van der Waals surface area contributed by atoms with Crippen LogP contribution >= 0.6 is 50.7 Å². The van der Waals surface area contributed by atoms with Gasteiger partial charge < -0.3 is 28.3 Å². The van der Waals surface area contributed by atoms with Crippen molar-refractivity contribution in [2.24, 2.45) is 0 Å². The fourth-order valence-electron chi connectivity index (χ4n) is 9.17. The summed E-state index contributed by atoms with van der Waals surface area (Å²) < 4.78 is 0. The van der Waals surface area contributed by atoms with E-state index in [0.717, 1.165) is 0 Å². The van der Waals surface area contributed by atoms with Gasteiger partial charge in [-0.05, 0) is 48.5 Å². The van der Waals surface area contributed by atoms with Crippen molar-refractivity contribution in [3.8, 4) is 0 Å². The van der Waals surface area contributed by atoms with Gasteiger partial charge in [0.25, 0.3) is 0 Å². The van der Waals surface area contributed by atoms with Crippen LogP contribution in [0.3, 0.4) is 0 Å². The Balaban J connectivity index is 0.000000203. The third-order valence-electron chi connectivity index (χ3n) is 12.8. The molecule has 0 radical (unpaired) electrons. The summed E-state index contributed by atoms with van der Waals surface area (Å²) in [6.45, 7) is 14.0. The van der Waals surface area contributed by atoms with E-state index in [9.17, 15) is 0 Å². The zero-order chi connectivity index (χ0) is 51.2. The normalized spacial score (nSPS) is 11.5. The van der Waals surface area contributed by atoms with Crippen molar-refractivity contribution >= 4 is 114 Å². The zero-order valence-electron chi connectivity index (χ0n) is 42.7. The maximum atomic E-state index is 4.81. The molecule has 0 nitrogen and oxygen atoms in total. The molecule has 384 valence electrons. The molecule has 74 heavy (non-hydrogen) atoms. The largest absolute Gasteiger partial charge is 0 e. The minimum atomic E-state index is -1.18. The first-order chi connectivity index (χ1) is 35.5. The van der Waals surface area contributed by atoms with Crippen LogP contribution in [-0.4, -0.2) is 0 Å². The first-order valence-corrected chi connectivity index (χ1v) is 34.4. The minimum Gasteiger partial charge on any atom is 0 e. The molecule has 0 aliphatic rings. The Morgan fingerprint density at radius 2 is 0.689 bits per heavy atom. The summed E-state index contributed by atoms with van der Waals surface area (Å²) in [4.78, 5) is 0. The molecule has 10 aromatic carbocycles. The van der Waals surface area contributed by atoms with Gasteiger partial charge in [0.05, 0.1) is 37.1 Å². The quantitative estimate of drug-likeness (QED) is 0.0650. The van der Waals surface area contributed by atoms with E-state index in [1.807, 2.05) is 0 Å². The molecule has 0 N–H and O–H groups in total. The Bertz CT molecular complexity index is 2600. The minimum absolute atomic E-state index is 0. The van der Waals surface area contributed by atoms with E-state index in [0.29, 0.717) is 0 Å². The summed E-state index contributed by atoms with van der Waals surface area (Å²) in [5.41, 5.74) is 3.02. The van der Waals surface area contributed by atoms with Gasteiger partial charge in [-0.3, -0.25) is 0 Å². The molecule has 0 aliphatic carbocycles. The van der Waals surface area contributed by atoms with Gasteiger partial charge in [-0.2, -0.15) is 11.6 Å². The third-order valence-corrected chi connectivity index (χ3v) is 23.7. The van der Waals surface area contributed by atoms with Gasteiger partial charge in [-0.25, -0.2) is 21.3 Å². The van der Waals surface area contributed by atoms with Gasteiger partial charge in [-0.15, -0.1) is 6.07 Å². The Morgan fingerprint density at radius 1 is 0.419 bits per heavy atom. The third kappa shape index (κ3) is 14.7. The zero-order valence-corrected chi connectivity index (χ0v) is 50.7. The molecule has 0 spiro atoms. The van der Waals surface area contributed by atoms with E-state index in [4.69, 9.17) is 19.1 Å². The van der Waals surface area contributed by atoms with Gasteiger partial charge in [0.2, 0.25) is 0 Å². The number of halogens is 2. The number of hydrogen-bond donors (Lipinski definition) is 0. The second-order valence-corrected chi connectivity index (χ2v) is 31.5. The van der Waals surface area contributed by atoms with Crippen molar-refractivity contribution in [2.75, 3.05) is 0 Å². The predicted molar refractivity (Wildman–Crippen MR) is 331 cm³/mol. The molecule has 0 fully saturated rings. The van der Waals surface area contributed by atoms with E-state index in [1.54, 1.807) is 10.6 Å². The molecule has 10 rings (SSSR count). The number of rotatable bonds is 12. The van der Waals surface area contributed by atoms with Crippen LogP contribution in [0.25, 0.3) is 0 Å². The summed E-state index contributed by atoms with van der Waals surface area (Å²) in [5, 5.41) is 17.4. The summed E-state index contributed by atoms with van der Waals surface area (Å²) in [6.07, 6.45) is 0. The summed E-state index contributed by atoms with van der Waals surface area (Å²) in [7, 11) is 5.89. The van der Waals surface area contributed by atoms with Crippen LogP contribution < -0.4 is 63.7 Å². The van der Waals surface area contributed by atoms with Gasteiger partial charge in [0.15, 0.2) is 0 Å². The maximum absolute atomic E-state index is 4.81. The van der Waals surface area contributed by atoms with Crippen LogP contribution in [0, 0.1) is 0 Å². The molecule has 0 bridgehead atoms. The number of hydrogen-bond acceptors (Lipinski definition) is 0. The van der Waals surface area contributed by atoms with Gasteiger partial charge >= 0.3 is 35.0 Å². The fraction of sp³-hybridized carbons (Fsp3) is 0.121. The summed E-state index contributed by atoms with van der Waals surface area (Å²) >= 11 is -0.106. The monoisotopic (exact) mass is 1210 g/mol. The van der Waals surface area contributed by atoms with Crippen LogP contribution in [0.5, 0.6) is 0 Å². The molecule has 0 unspecified atom stereocenters. The van der Waals surface area contributed by atoms with Crippen molar-refractivity contribution in [3.63, 3.8) is 0 Å². The fourth-order valence-corrected chi connectivity index (χ4v) is 20.5. The van der Waals surface area contributed by atoms with Crippen molar-refractivity contribution in [1.82, 2.24) is 0 Å². The van der Waals surface area contributed by atoms with Crippen molar-refractivity contribution in [3.05, 3.63) is 278 Å². The summed E-state index contributed by atoms with van der Waals surface area (Å²) in [6, 6.07) is 99.1. The molecule has 0 saturated carbocycles. The predicted octanol–water partition coefficient (Wildman–Crippen LogP) is 13.3.